The van der Waals surface area contributed by atoms with Gasteiger partial charge in [-0.3, -0.25) is 4.98 Å². The van der Waals surface area contributed by atoms with E-state index in [0.717, 1.165) is 16.6 Å². The number of hydrogen-bond acceptors (Lipinski definition) is 5. The van der Waals surface area contributed by atoms with Gasteiger partial charge >= 0.3 is 0 Å². The summed E-state index contributed by atoms with van der Waals surface area (Å²) >= 11 is 0. The van der Waals surface area contributed by atoms with Gasteiger partial charge in [0.15, 0.2) is 0 Å². The molecule has 0 amide bonds. The molecule has 6 nitrogen and oxygen atoms in total. The average molecular weight is 306 g/mol. The number of benzene rings is 1. The number of rotatable bonds is 2. The Bertz CT molecular complexity index is 768. The molecule has 0 spiro atoms. The summed E-state index contributed by atoms with van der Waals surface area (Å²) in [5, 5.41) is 0.931. The van der Waals surface area contributed by atoms with Gasteiger partial charge in [0, 0.05) is 37.8 Å². The van der Waals surface area contributed by atoms with E-state index in [-0.39, 0.29) is 0 Å². The summed E-state index contributed by atoms with van der Waals surface area (Å²) in [6.07, 6.45) is 2.99. The molecule has 3 rings (SSSR count). The molecule has 1 aliphatic rings. The predicted octanol–water partition coefficient (Wildman–Crippen LogP) is 0.899. The Balaban J connectivity index is 1.87. The molecule has 1 aliphatic heterocycles. The number of anilines is 2. The van der Waals surface area contributed by atoms with Crippen LogP contribution in [0.2, 0.25) is 0 Å². The van der Waals surface area contributed by atoms with Crippen LogP contribution in [0.5, 0.6) is 0 Å². The Labute approximate surface area is 124 Å². The van der Waals surface area contributed by atoms with Crippen LogP contribution in [0.1, 0.15) is 0 Å². The zero-order valence-corrected chi connectivity index (χ0v) is 12.7. The van der Waals surface area contributed by atoms with Gasteiger partial charge in [-0.25, -0.2) is 8.42 Å². The second-order valence-electron chi connectivity index (χ2n) is 5.22. The third-order valence-corrected chi connectivity index (χ3v) is 5.16. The van der Waals surface area contributed by atoms with Crippen LogP contribution >= 0.6 is 0 Å². The molecule has 0 atom stereocenters. The molecule has 2 aromatic rings. The zero-order chi connectivity index (χ0) is 15.0. The topological polar surface area (TPSA) is 79.5 Å². The monoisotopic (exact) mass is 306 g/mol. The molecule has 7 heteroatoms. The number of hydrogen-bond donors (Lipinski definition) is 1. The number of sulfonamides is 1. The lowest BCUT2D eigenvalue weighted by Gasteiger charge is -2.35. The first-order valence-corrected chi connectivity index (χ1v) is 8.65. The van der Waals surface area contributed by atoms with E-state index in [9.17, 15) is 8.42 Å². The maximum atomic E-state index is 11.5. The molecule has 2 heterocycles. The molecule has 2 N–H and O–H groups in total. The second kappa shape index (κ2) is 5.16. The van der Waals surface area contributed by atoms with Gasteiger partial charge in [-0.05, 0) is 24.3 Å². The van der Waals surface area contributed by atoms with Crippen molar-refractivity contribution in [2.24, 2.45) is 0 Å². The lowest BCUT2D eigenvalue weighted by molar-refractivity contribution is 0.388. The van der Waals surface area contributed by atoms with Crippen molar-refractivity contribution in [3.63, 3.8) is 0 Å². The zero-order valence-electron chi connectivity index (χ0n) is 11.9. The summed E-state index contributed by atoms with van der Waals surface area (Å²) in [6.45, 7) is 2.26. The minimum Gasteiger partial charge on any atom is -0.396 e. The number of fused-ring (bicyclic) bond motifs is 1. The van der Waals surface area contributed by atoms with Crippen molar-refractivity contribution in [1.29, 1.82) is 0 Å². The van der Waals surface area contributed by atoms with Crippen LogP contribution in [0.3, 0.4) is 0 Å². The van der Waals surface area contributed by atoms with Gasteiger partial charge in [-0.1, -0.05) is 0 Å². The van der Waals surface area contributed by atoms with Gasteiger partial charge in [0.2, 0.25) is 10.0 Å². The molecular weight excluding hydrogens is 288 g/mol. The van der Waals surface area contributed by atoms with Gasteiger partial charge in [-0.15, -0.1) is 0 Å². The number of nitrogens with zero attached hydrogens (tertiary/aromatic N) is 3. The number of aromatic nitrogens is 1. The number of piperazine rings is 1. The summed E-state index contributed by atoms with van der Waals surface area (Å²) in [5.74, 6) is 0. The van der Waals surface area contributed by atoms with Crippen LogP contribution in [0.25, 0.3) is 10.9 Å². The third kappa shape index (κ3) is 2.66. The highest BCUT2D eigenvalue weighted by Crippen LogP contribution is 2.31. The Morgan fingerprint density at radius 2 is 1.86 bits per heavy atom. The smallest absolute Gasteiger partial charge is 0.211 e. The minimum absolute atomic E-state index is 0.489. The number of nitrogen functional groups attached to an aromatic ring is 1. The van der Waals surface area contributed by atoms with Crippen molar-refractivity contribution in [1.82, 2.24) is 9.29 Å². The van der Waals surface area contributed by atoms with E-state index >= 15 is 0 Å². The summed E-state index contributed by atoms with van der Waals surface area (Å²) in [4.78, 5) is 6.42. The SMILES string of the molecule is CS(=O)(=O)N1CCN(c2ccc3ncccc3c2N)CC1. The fourth-order valence-corrected chi connectivity index (χ4v) is 3.53. The minimum atomic E-state index is -3.11. The van der Waals surface area contributed by atoms with Crippen molar-refractivity contribution in [2.45, 2.75) is 0 Å². The van der Waals surface area contributed by atoms with Gasteiger partial charge in [0.1, 0.15) is 0 Å². The normalized spacial score (nSPS) is 17.3. The van der Waals surface area contributed by atoms with Gasteiger partial charge in [0.05, 0.1) is 23.1 Å². The maximum absolute atomic E-state index is 11.5. The number of pyridine rings is 1. The van der Waals surface area contributed by atoms with Crippen molar-refractivity contribution >= 4 is 32.3 Å². The molecule has 0 aliphatic carbocycles. The summed E-state index contributed by atoms with van der Waals surface area (Å²) in [5.41, 5.74) is 8.78. The Morgan fingerprint density at radius 3 is 2.52 bits per heavy atom. The van der Waals surface area contributed by atoms with Crippen molar-refractivity contribution in [3.8, 4) is 0 Å². The molecule has 1 aromatic carbocycles. The third-order valence-electron chi connectivity index (χ3n) is 3.85. The highest BCUT2D eigenvalue weighted by molar-refractivity contribution is 7.88. The molecular formula is C14H18N4O2S. The lowest BCUT2D eigenvalue weighted by atomic mass is 10.1. The molecule has 1 saturated heterocycles. The van der Waals surface area contributed by atoms with E-state index in [1.165, 1.54) is 10.6 Å². The van der Waals surface area contributed by atoms with Crippen LogP contribution in [0.4, 0.5) is 11.4 Å². The molecule has 1 aromatic heterocycles. The average Bonchev–Trinajstić information content (AvgIpc) is 2.47. The van der Waals surface area contributed by atoms with Gasteiger partial charge < -0.3 is 10.6 Å². The first-order chi connectivity index (χ1) is 9.97. The van der Waals surface area contributed by atoms with E-state index in [4.69, 9.17) is 5.73 Å². The highest BCUT2D eigenvalue weighted by atomic mass is 32.2. The molecule has 0 saturated carbocycles. The fraction of sp³-hybridized carbons (Fsp3) is 0.357. The molecule has 0 radical (unpaired) electrons. The number of nitrogens with two attached hydrogens (primary N) is 1. The quantitative estimate of drug-likeness (QED) is 0.834. The largest absolute Gasteiger partial charge is 0.396 e. The predicted molar refractivity (Wildman–Crippen MR) is 84.8 cm³/mol. The Hall–Kier alpha value is -1.86. The van der Waals surface area contributed by atoms with Crippen LogP contribution in [0, 0.1) is 0 Å². The lowest BCUT2D eigenvalue weighted by Crippen LogP contribution is -2.48. The molecule has 112 valence electrons. The van der Waals surface area contributed by atoms with E-state index in [2.05, 4.69) is 9.88 Å². The van der Waals surface area contributed by atoms with Crippen LogP contribution in [0.15, 0.2) is 30.5 Å². The van der Waals surface area contributed by atoms with E-state index < -0.39 is 10.0 Å². The van der Waals surface area contributed by atoms with Crippen molar-refractivity contribution in [2.75, 3.05) is 43.1 Å². The second-order valence-corrected chi connectivity index (χ2v) is 7.20. The molecule has 0 bridgehead atoms. The van der Waals surface area contributed by atoms with Crippen LogP contribution < -0.4 is 10.6 Å². The van der Waals surface area contributed by atoms with Crippen LogP contribution in [-0.4, -0.2) is 50.1 Å². The fourth-order valence-electron chi connectivity index (χ4n) is 2.70. The molecule has 21 heavy (non-hydrogen) atoms. The maximum Gasteiger partial charge on any atom is 0.211 e. The van der Waals surface area contributed by atoms with Gasteiger partial charge in [0.25, 0.3) is 0 Å². The van der Waals surface area contributed by atoms with Crippen molar-refractivity contribution < 1.29 is 8.42 Å². The van der Waals surface area contributed by atoms with E-state index in [0.29, 0.717) is 31.9 Å². The first kappa shape index (κ1) is 14.1. The van der Waals surface area contributed by atoms with Crippen molar-refractivity contribution in [3.05, 3.63) is 30.5 Å². The first-order valence-electron chi connectivity index (χ1n) is 6.80. The summed E-state index contributed by atoms with van der Waals surface area (Å²) < 4.78 is 24.6. The Morgan fingerprint density at radius 1 is 1.14 bits per heavy atom. The summed E-state index contributed by atoms with van der Waals surface area (Å²) in [6, 6.07) is 7.72. The summed E-state index contributed by atoms with van der Waals surface area (Å²) in [7, 11) is -3.11. The van der Waals surface area contributed by atoms with Crippen LogP contribution in [-0.2, 0) is 10.0 Å². The highest BCUT2D eigenvalue weighted by Gasteiger charge is 2.24. The van der Waals surface area contributed by atoms with Gasteiger partial charge in [-0.2, -0.15) is 4.31 Å². The standard InChI is InChI=1S/C14H18N4O2S/c1-21(19,20)18-9-7-17(8-10-18)13-5-4-12-11(14(13)15)3-2-6-16-12/h2-6H,7-10,15H2,1H3. The van der Waals surface area contributed by atoms with E-state index in [1.54, 1.807) is 6.20 Å². The molecule has 0 unspecified atom stereocenters. The van der Waals surface area contributed by atoms with E-state index in [1.807, 2.05) is 24.3 Å². The Kier molecular flexibility index (Phi) is 3.46. The molecule has 1 fully saturated rings.